The number of hydrogen-bond acceptors (Lipinski definition) is 2. The van der Waals surface area contributed by atoms with Crippen molar-refractivity contribution in [3.8, 4) is 0 Å². The zero-order chi connectivity index (χ0) is 10.1. The number of carbonyl (C=O) groups excluding carboxylic acids is 1. The zero-order valence-corrected chi connectivity index (χ0v) is 8.29. The molecular formula is C11H14N2O. The van der Waals surface area contributed by atoms with Crippen LogP contribution in [-0.4, -0.2) is 12.5 Å². The molecule has 1 aromatic carbocycles. The van der Waals surface area contributed by atoms with E-state index in [0.717, 1.165) is 29.9 Å². The van der Waals surface area contributed by atoms with Crippen molar-refractivity contribution in [2.45, 2.75) is 19.8 Å². The van der Waals surface area contributed by atoms with Gasteiger partial charge in [0.2, 0.25) is 5.91 Å². The van der Waals surface area contributed by atoms with Crippen molar-refractivity contribution in [1.29, 1.82) is 0 Å². The van der Waals surface area contributed by atoms with Gasteiger partial charge >= 0.3 is 0 Å². The molecule has 0 spiro atoms. The molecular weight excluding hydrogens is 176 g/mol. The number of benzene rings is 1. The van der Waals surface area contributed by atoms with Gasteiger partial charge in [0, 0.05) is 24.3 Å². The topological polar surface area (TPSA) is 46.3 Å². The van der Waals surface area contributed by atoms with Gasteiger partial charge in [0.05, 0.1) is 0 Å². The fourth-order valence-corrected chi connectivity index (χ4v) is 1.75. The van der Waals surface area contributed by atoms with Gasteiger partial charge in [0.25, 0.3) is 0 Å². The van der Waals surface area contributed by atoms with Crippen molar-refractivity contribution in [1.82, 2.24) is 0 Å². The first kappa shape index (κ1) is 9.06. The van der Waals surface area contributed by atoms with Crippen LogP contribution in [0.25, 0.3) is 0 Å². The maximum absolute atomic E-state index is 11.5. The first-order chi connectivity index (χ1) is 6.68. The fraction of sp³-hybridized carbons (Fsp3) is 0.364. The van der Waals surface area contributed by atoms with E-state index in [1.165, 1.54) is 0 Å². The Morgan fingerprint density at radius 1 is 1.43 bits per heavy atom. The van der Waals surface area contributed by atoms with E-state index in [9.17, 15) is 4.79 Å². The highest BCUT2D eigenvalue weighted by Gasteiger charge is 2.21. The number of nitrogen functional groups attached to an aromatic ring is 1. The van der Waals surface area contributed by atoms with Gasteiger partial charge in [0.15, 0.2) is 0 Å². The molecule has 1 amide bonds. The second-order valence-corrected chi connectivity index (χ2v) is 3.69. The molecule has 74 valence electrons. The van der Waals surface area contributed by atoms with Crippen LogP contribution in [0.5, 0.6) is 0 Å². The summed E-state index contributed by atoms with van der Waals surface area (Å²) in [4.78, 5) is 13.3. The molecule has 0 radical (unpaired) electrons. The fourth-order valence-electron chi connectivity index (χ4n) is 1.75. The molecule has 1 heterocycles. The van der Waals surface area contributed by atoms with Crippen LogP contribution in [0, 0.1) is 6.92 Å². The first-order valence-electron chi connectivity index (χ1n) is 4.85. The summed E-state index contributed by atoms with van der Waals surface area (Å²) in [7, 11) is 0. The second kappa shape index (κ2) is 3.33. The minimum absolute atomic E-state index is 0.217. The Kier molecular flexibility index (Phi) is 2.15. The van der Waals surface area contributed by atoms with E-state index in [2.05, 4.69) is 0 Å². The Balaban J connectivity index is 2.32. The number of nitrogens with zero attached hydrogens (tertiary/aromatic N) is 1. The molecule has 1 saturated heterocycles. The number of amides is 1. The smallest absolute Gasteiger partial charge is 0.227 e. The van der Waals surface area contributed by atoms with Crippen LogP contribution in [0.15, 0.2) is 18.2 Å². The van der Waals surface area contributed by atoms with Crippen LogP contribution in [0.2, 0.25) is 0 Å². The summed E-state index contributed by atoms with van der Waals surface area (Å²) in [6.07, 6.45) is 1.63. The predicted molar refractivity (Wildman–Crippen MR) is 57.2 cm³/mol. The van der Waals surface area contributed by atoms with Gasteiger partial charge in [-0.25, -0.2) is 0 Å². The number of aryl methyl sites for hydroxylation is 1. The third-order valence-corrected chi connectivity index (χ3v) is 2.64. The Bertz CT molecular complexity index is 374. The molecule has 0 bridgehead atoms. The Morgan fingerprint density at radius 2 is 2.21 bits per heavy atom. The third-order valence-electron chi connectivity index (χ3n) is 2.64. The normalized spacial score (nSPS) is 16.4. The van der Waals surface area contributed by atoms with Crippen molar-refractivity contribution < 1.29 is 4.79 Å². The van der Waals surface area contributed by atoms with Gasteiger partial charge in [0.1, 0.15) is 0 Å². The minimum Gasteiger partial charge on any atom is -0.399 e. The van der Waals surface area contributed by atoms with Crippen molar-refractivity contribution >= 4 is 17.3 Å². The molecule has 1 aliphatic rings. The van der Waals surface area contributed by atoms with Crippen molar-refractivity contribution in [2.24, 2.45) is 0 Å². The average molecular weight is 190 g/mol. The largest absolute Gasteiger partial charge is 0.399 e. The van der Waals surface area contributed by atoms with Gasteiger partial charge < -0.3 is 10.6 Å². The van der Waals surface area contributed by atoms with Crippen LogP contribution in [-0.2, 0) is 4.79 Å². The summed E-state index contributed by atoms with van der Waals surface area (Å²) in [6.45, 7) is 2.79. The standard InChI is InChI=1S/C11H14N2O/c1-8-7-9(4-5-10(8)12)13-6-2-3-11(13)14/h4-5,7H,2-3,6,12H2,1H3. The van der Waals surface area contributed by atoms with Gasteiger partial charge in [-0.2, -0.15) is 0 Å². The second-order valence-electron chi connectivity index (χ2n) is 3.69. The van der Waals surface area contributed by atoms with Gasteiger partial charge in [-0.1, -0.05) is 0 Å². The number of carbonyl (C=O) groups is 1. The van der Waals surface area contributed by atoms with Crippen LogP contribution < -0.4 is 10.6 Å². The maximum Gasteiger partial charge on any atom is 0.227 e. The molecule has 2 N–H and O–H groups in total. The molecule has 3 heteroatoms. The maximum atomic E-state index is 11.5. The van der Waals surface area contributed by atoms with E-state index >= 15 is 0 Å². The van der Waals surface area contributed by atoms with E-state index in [0.29, 0.717) is 6.42 Å². The molecule has 2 rings (SSSR count). The van der Waals surface area contributed by atoms with Crippen LogP contribution >= 0.6 is 0 Å². The molecule has 0 saturated carbocycles. The van der Waals surface area contributed by atoms with Crippen LogP contribution in [0.4, 0.5) is 11.4 Å². The lowest BCUT2D eigenvalue weighted by molar-refractivity contribution is -0.117. The Hall–Kier alpha value is -1.51. The summed E-state index contributed by atoms with van der Waals surface area (Å²) in [5.41, 5.74) is 8.50. The monoisotopic (exact) mass is 190 g/mol. The molecule has 1 aromatic rings. The van der Waals surface area contributed by atoms with Crippen LogP contribution in [0.3, 0.4) is 0 Å². The van der Waals surface area contributed by atoms with E-state index < -0.39 is 0 Å². The summed E-state index contributed by atoms with van der Waals surface area (Å²) >= 11 is 0. The highest BCUT2D eigenvalue weighted by Crippen LogP contribution is 2.24. The number of rotatable bonds is 1. The van der Waals surface area contributed by atoms with E-state index in [1.807, 2.05) is 30.0 Å². The molecule has 14 heavy (non-hydrogen) atoms. The molecule has 0 aliphatic carbocycles. The summed E-state index contributed by atoms with van der Waals surface area (Å²) in [5.74, 6) is 0.217. The quantitative estimate of drug-likeness (QED) is 0.685. The lowest BCUT2D eigenvalue weighted by Gasteiger charge is -2.16. The van der Waals surface area contributed by atoms with E-state index in [4.69, 9.17) is 5.73 Å². The molecule has 3 nitrogen and oxygen atoms in total. The van der Waals surface area contributed by atoms with Crippen molar-refractivity contribution in [2.75, 3.05) is 17.2 Å². The van der Waals surface area contributed by atoms with Crippen LogP contribution in [0.1, 0.15) is 18.4 Å². The van der Waals surface area contributed by atoms with Gasteiger partial charge in [-0.05, 0) is 37.1 Å². The third kappa shape index (κ3) is 1.45. The zero-order valence-electron chi connectivity index (χ0n) is 8.29. The number of hydrogen-bond donors (Lipinski definition) is 1. The van der Waals surface area contributed by atoms with E-state index in [1.54, 1.807) is 0 Å². The molecule has 0 aromatic heterocycles. The average Bonchev–Trinajstić information content (AvgIpc) is 2.57. The molecule has 0 atom stereocenters. The molecule has 1 aliphatic heterocycles. The number of nitrogens with two attached hydrogens (primary N) is 1. The lowest BCUT2D eigenvalue weighted by atomic mass is 10.2. The predicted octanol–water partition coefficient (Wildman–Crippen LogP) is 1.70. The molecule has 0 unspecified atom stereocenters. The van der Waals surface area contributed by atoms with Crippen molar-refractivity contribution in [3.63, 3.8) is 0 Å². The highest BCUT2D eigenvalue weighted by molar-refractivity contribution is 5.95. The Labute approximate surface area is 83.5 Å². The summed E-state index contributed by atoms with van der Waals surface area (Å²) < 4.78 is 0. The van der Waals surface area contributed by atoms with Gasteiger partial charge in [-0.15, -0.1) is 0 Å². The lowest BCUT2D eigenvalue weighted by Crippen LogP contribution is -2.23. The van der Waals surface area contributed by atoms with Crippen molar-refractivity contribution in [3.05, 3.63) is 23.8 Å². The summed E-state index contributed by atoms with van der Waals surface area (Å²) in [5, 5.41) is 0. The Morgan fingerprint density at radius 3 is 2.79 bits per heavy atom. The number of anilines is 2. The highest BCUT2D eigenvalue weighted by atomic mass is 16.2. The first-order valence-corrected chi connectivity index (χ1v) is 4.85. The summed E-state index contributed by atoms with van der Waals surface area (Å²) in [6, 6.07) is 5.74. The van der Waals surface area contributed by atoms with Gasteiger partial charge in [-0.3, -0.25) is 4.79 Å². The van der Waals surface area contributed by atoms with E-state index in [-0.39, 0.29) is 5.91 Å². The molecule has 1 fully saturated rings. The minimum atomic E-state index is 0.217. The SMILES string of the molecule is Cc1cc(N2CCCC2=O)ccc1N.